The number of ether oxygens (including phenoxy) is 1. The van der Waals surface area contributed by atoms with Crippen molar-refractivity contribution in [2.45, 2.75) is 25.8 Å². The summed E-state index contributed by atoms with van der Waals surface area (Å²) in [6.07, 6.45) is 2.56. The van der Waals surface area contributed by atoms with Crippen LogP contribution in [0.4, 0.5) is 0 Å². The summed E-state index contributed by atoms with van der Waals surface area (Å²) in [5.41, 5.74) is 7.90. The topological polar surface area (TPSA) is 64.4 Å². The zero-order chi connectivity index (χ0) is 13.7. The second kappa shape index (κ2) is 6.68. The SMILES string of the molecule is Cc1ccc(C(N)C(=O)NCCOCC2CC2)cc1. The fourth-order valence-corrected chi connectivity index (χ4v) is 1.82. The van der Waals surface area contributed by atoms with E-state index in [9.17, 15) is 4.79 Å². The normalized spacial score (nSPS) is 16.1. The Bertz CT molecular complexity index is 413. The molecule has 0 aliphatic heterocycles. The van der Waals surface area contributed by atoms with Gasteiger partial charge in [0.05, 0.1) is 6.61 Å². The molecule has 1 aliphatic rings. The Balaban J connectivity index is 1.67. The lowest BCUT2D eigenvalue weighted by Gasteiger charge is -2.13. The number of hydrogen-bond donors (Lipinski definition) is 2. The maximum atomic E-state index is 11.8. The zero-order valence-electron chi connectivity index (χ0n) is 11.4. The van der Waals surface area contributed by atoms with Crippen molar-refractivity contribution in [3.8, 4) is 0 Å². The molecule has 0 bridgehead atoms. The summed E-state index contributed by atoms with van der Waals surface area (Å²) in [7, 11) is 0. The highest BCUT2D eigenvalue weighted by molar-refractivity contribution is 5.82. The molecular formula is C15H22N2O2. The highest BCUT2D eigenvalue weighted by Gasteiger charge is 2.21. The number of nitrogens with one attached hydrogen (secondary N) is 1. The summed E-state index contributed by atoms with van der Waals surface area (Å²) in [6.45, 7) is 3.90. The Morgan fingerprint density at radius 3 is 2.74 bits per heavy atom. The molecule has 0 heterocycles. The molecule has 0 aromatic heterocycles. The van der Waals surface area contributed by atoms with Crippen molar-refractivity contribution in [2.24, 2.45) is 11.7 Å². The second-order valence-corrected chi connectivity index (χ2v) is 5.20. The molecule has 2 rings (SSSR count). The Labute approximate surface area is 114 Å². The average Bonchev–Trinajstić information content (AvgIpc) is 3.22. The minimum atomic E-state index is -0.607. The van der Waals surface area contributed by atoms with Crippen LogP contribution in [0.3, 0.4) is 0 Å². The van der Waals surface area contributed by atoms with Crippen LogP contribution in [-0.4, -0.2) is 25.7 Å². The average molecular weight is 262 g/mol. The van der Waals surface area contributed by atoms with Crippen molar-refractivity contribution in [2.75, 3.05) is 19.8 Å². The first-order valence-corrected chi connectivity index (χ1v) is 6.84. The van der Waals surface area contributed by atoms with Crippen LogP contribution in [0, 0.1) is 12.8 Å². The Morgan fingerprint density at radius 1 is 1.42 bits per heavy atom. The van der Waals surface area contributed by atoms with E-state index < -0.39 is 6.04 Å². The van der Waals surface area contributed by atoms with Crippen molar-refractivity contribution in [1.29, 1.82) is 0 Å². The van der Waals surface area contributed by atoms with Crippen LogP contribution < -0.4 is 11.1 Å². The number of aryl methyl sites for hydroxylation is 1. The summed E-state index contributed by atoms with van der Waals surface area (Å²) < 4.78 is 5.45. The van der Waals surface area contributed by atoms with Crippen LogP contribution in [0.2, 0.25) is 0 Å². The van der Waals surface area contributed by atoms with E-state index in [-0.39, 0.29) is 5.91 Å². The smallest absolute Gasteiger partial charge is 0.241 e. The van der Waals surface area contributed by atoms with Crippen LogP contribution in [0.25, 0.3) is 0 Å². The minimum absolute atomic E-state index is 0.154. The molecule has 1 atom stereocenters. The second-order valence-electron chi connectivity index (χ2n) is 5.20. The highest BCUT2D eigenvalue weighted by atomic mass is 16.5. The summed E-state index contributed by atoms with van der Waals surface area (Å²) in [5.74, 6) is 0.601. The molecule has 1 aliphatic carbocycles. The maximum absolute atomic E-state index is 11.8. The Hall–Kier alpha value is -1.39. The molecule has 0 radical (unpaired) electrons. The minimum Gasteiger partial charge on any atom is -0.379 e. The number of carbonyl (C=O) groups excluding carboxylic acids is 1. The van der Waals surface area contributed by atoms with Gasteiger partial charge in [-0.05, 0) is 31.2 Å². The highest BCUT2D eigenvalue weighted by Crippen LogP contribution is 2.28. The number of rotatable bonds is 7. The Morgan fingerprint density at radius 2 is 2.11 bits per heavy atom. The summed E-state index contributed by atoms with van der Waals surface area (Å²) >= 11 is 0. The van der Waals surface area contributed by atoms with Crippen molar-refractivity contribution in [3.63, 3.8) is 0 Å². The third-order valence-corrected chi connectivity index (χ3v) is 3.32. The fourth-order valence-electron chi connectivity index (χ4n) is 1.82. The van der Waals surface area contributed by atoms with Gasteiger partial charge in [0.1, 0.15) is 6.04 Å². The van der Waals surface area contributed by atoms with Gasteiger partial charge in [-0.2, -0.15) is 0 Å². The van der Waals surface area contributed by atoms with Crippen molar-refractivity contribution < 1.29 is 9.53 Å². The van der Waals surface area contributed by atoms with Gasteiger partial charge in [-0.1, -0.05) is 29.8 Å². The van der Waals surface area contributed by atoms with Crippen molar-refractivity contribution in [1.82, 2.24) is 5.32 Å². The van der Waals surface area contributed by atoms with E-state index in [1.807, 2.05) is 31.2 Å². The molecule has 4 nitrogen and oxygen atoms in total. The first kappa shape index (κ1) is 14.0. The van der Waals surface area contributed by atoms with Crippen LogP contribution in [0.1, 0.15) is 30.0 Å². The van der Waals surface area contributed by atoms with E-state index in [4.69, 9.17) is 10.5 Å². The van der Waals surface area contributed by atoms with Gasteiger partial charge in [0.2, 0.25) is 5.91 Å². The maximum Gasteiger partial charge on any atom is 0.241 e. The Kier molecular flexibility index (Phi) is 4.93. The van der Waals surface area contributed by atoms with E-state index in [0.717, 1.165) is 23.7 Å². The van der Waals surface area contributed by atoms with Gasteiger partial charge in [-0.3, -0.25) is 4.79 Å². The largest absolute Gasteiger partial charge is 0.379 e. The molecule has 0 saturated heterocycles. The molecule has 104 valence electrons. The van der Waals surface area contributed by atoms with E-state index >= 15 is 0 Å². The van der Waals surface area contributed by atoms with Gasteiger partial charge in [0.15, 0.2) is 0 Å². The first-order valence-electron chi connectivity index (χ1n) is 6.84. The van der Waals surface area contributed by atoms with Gasteiger partial charge in [0.25, 0.3) is 0 Å². The van der Waals surface area contributed by atoms with E-state index in [1.165, 1.54) is 12.8 Å². The predicted octanol–water partition coefficient (Wildman–Crippen LogP) is 1.54. The third-order valence-electron chi connectivity index (χ3n) is 3.32. The molecule has 1 saturated carbocycles. The molecule has 1 fully saturated rings. The fraction of sp³-hybridized carbons (Fsp3) is 0.533. The molecule has 19 heavy (non-hydrogen) atoms. The van der Waals surface area contributed by atoms with Crippen molar-refractivity contribution in [3.05, 3.63) is 35.4 Å². The molecule has 1 amide bonds. The van der Waals surface area contributed by atoms with Crippen LogP contribution in [0.15, 0.2) is 24.3 Å². The first-order chi connectivity index (χ1) is 9.16. The van der Waals surface area contributed by atoms with E-state index in [0.29, 0.717) is 13.2 Å². The lowest BCUT2D eigenvalue weighted by molar-refractivity contribution is -0.122. The van der Waals surface area contributed by atoms with E-state index in [2.05, 4.69) is 5.32 Å². The van der Waals surface area contributed by atoms with E-state index in [1.54, 1.807) is 0 Å². The summed E-state index contributed by atoms with van der Waals surface area (Å²) in [6, 6.07) is 7.10. The zero-order valence-corrected chi connectivity index (χ0v) is 11.4. The molecule has 1 aromatic rings. The molecule has 1 aromatic carbocycles. The number of carbonyl (C=O) groups is 1. The summed E-state index contributed by atoms with van der Waals surface area (Å²) in [5, 5.41) is 2.80. The third kappa shape index (κ3) is 4.65. The quantitative estimate of drug-likeness (QED) is 0.733. The van der Waals surface area contributed by atoms with Crippen molar-refractivity contribution >= 4 is 5.91 Å². The van der Waals surface area contributed by atoms with Crippen LogP contribution in [0.5, 0.6) is 0 Å². The molecule has 3 N–H and O–H groups in total. The molecule has 4 heteroatoms. The number of nitrogens with two attached hydrogens (primary N) is 1. The van der Waals surface area contributed by atoms with Gasteiger partial charge >= 0.3 is 0 Å². The van der Waals surface area contributed by atoms with Crippen LogP contribution >= 0.6 is 0 Å². The standard InChI is InChI=1S/C15H22N2O2/c1-11-2-6-13(7-3-11)14(16)15(18)17-8-9-19-10-12-4-5-12/h2-3,6-7,12,14H,4-5,8-10,16H2,1H3,(H,17,18). The monoisotopic (exact) mass is 262 g/mol. The number of benzene rings is 1. The molecule has 1 unspecified atom stereocenters. The van der Waals surface area contributed by atoms with Gasteiger partial charge < -0.3 is 15.8 Å². The van der Waals surface area contributed by atoms with Gasteiger partial charge in [-0.15, -0.1) is 0 Å². The lowest BCUT2D eigenvalue weighted by atomic mass is 10.1. The van der Waals surface area contributed by atoms with Crippen LogP contribution in [-0.2, 0) is 9.53 Å². The number of amides is 1. The molecular weight excluding hydrogens is 240 g/mol. The lowest BCUT2D eigenvalue weighted by Crippen LogP contribution is -2.36. The number of hydrogen-bond acceptors (Lipinski definition) is 3. The van der Waals surface area contributed by atoms with Gasteiger partial charge in [0, 0.05) is 13.2 Å². The molecule has 0 spiro atoms. The predicted molar refractivity (Wildman–Crippen MR) is 74.7 cm³/mol. The van der Waals surface area contributed by atoms with Gasteiger partial charge in [-0.25, -0.2) is 0 Å². The summed E-state index contributed by atoms with van der Waals surface area (Å²) in [4.78, 5) is 11.8.